The molecule has 14 nitrogen and oxygen atoms in total. The van der Waals surface area contributed by atoms with Crippen LogP contribution in [0.4, 0.5) is 0 Å². The molecular weight excluding hydrogens is 612 g/mol. The van der Waals surface area contributed by atoms with Crippen LogP contribution in [0.25, 0.3) is 0 Å². The molecule has 2 aliphatic rings. The Balaban J connectivity index is 2.64. The van der Waals surface area contributed by atoms with Crippen molar-refractivity contribution in [1.82, 2.24) is 0 Å². The molecule has 0 aliphatic carbocycles. The van der Waals surface area contributed by atoms with Crippen LogP contribution in [0.5, 0.6) is 0 Å². The molecule has 0 saturated carbocycles. The third-order valence-corrected chi connectivity index (χ3v) is 12.1. The zero-order chi connectivity index (χ0) is 34.4. The van der Waals surface area contributed by atoms with Crippen molar-refractivity contribution < 1.29 is 66.3 Å². The van der Waals surface area contributed by atoms with Gasteiger partial charge in [-0.1, -0.05) is 33.9 Å². The van der Waals surface area contributed by atoms with Gasteiger partial charge in [-0.05, 0) is 24.2 Å². The fourth-order valence-corrected chi connectivity index (χ4v) is 5.60. The summed E-state index contributed by atoms with van der Waals surface area (Å²) in [6.45, 7) is 23.3. The lowest BCUT2D eigenvalue weighted by atomic mass is 9.95. The van der Waals surface area contributed by atoms with E-state index in [1.807, 2.05) is 33.9 Å². The molecule has 2 rings (SSSR count). The molecule has 2 aliphatic heterocycles. The van der Waals surface area contributed by atoms with Gasteiger partial charge in [0.1, 0.15) is 11.9 Å². The lowest BCUT2D eigenvalue weighted by molar-refractivity contribution is -0.326. The standard InChI is InChI=1S/C30H46O14Si/c1-13-21-24(38-16(3)31)26(40-18(5)33)23(15(2)37-21)44-29-28(42-20(7)35)27(41-19(6)34)25(39-17(4)32)22(43-29)14-36-45(11,12)30(8,9)10/h13,21-29H,1-2,14H2,3-12H3/t21-,22-,23-,24+,25+,26+,27+,28-,29+/m1/s1. The number of hydrogen-bond donors (Lipinski definition) is 0. The Morgan fingerprint density at radius 1 is 0.756 bits per heavy atom. The van der Waals surface area contributed by atoms with E-state index in [0.29, 0.717) is 0 Å². The number of rotatable bonds is 11. The summed E-state index contributed by atoms with van der Waals surface area (Å²) in [6.07, 6.45) is -10.4. The lowest BCUT2D eigenvalue weighted by Gasteiger charge is -2.48. The van der Waals surface area contributed by atoms with Crippen molar-refractivity contribution in [1.29, 1.82) is 0 Å². The van der Waals surface area contributed by atoms with Crippen molar-refractivity contribution in [2.75, 3.05) is 6.61 Å². The minimum absolute atomic E-state index is 0.0556. The van der Waals surface area contributed by atoms with Gasteiger partial charge in [0.05, 0.1) is 6.61 Å². The van der Waals surface area contributed by atoms with Crippen molar-refractivity contribution >= 4 is 38.2 Å². The van der Waals surface area contributed by atoms with Gasteiger partial charge in [-0.3, -0.25) is 24.0 Å². The van der Waals surface area contributed by atoms with Gasteiger partial charge in [0.25, 0.3) is 0 Å². The van der Waals surface area contributed by atoms with Crippen LogP contribution in [-0.4, -0.2) is 99.9 Å². The van der Waals surface area contributed by atoms with Crippen LogP contribution < -0.4 is 0 Å². The van der Waals surface area contributed by atoms with E-state index < -0.39 is 93.3 Å². The Morgan fingerprint density at radius 2 is 1.20 bits per heavy atom. The average molecular weight is 659 g/mol. The maximum Gasteiger partial charge on any atom is 0.303 e. The van der Waals surface area contributed by atoms with Crippen LogP contribution in [0.2, 0.25) is 18.1 Å². The van der Waals surface area contributed by atoms with Crippen molar-refractivity contribution in [3.8, 4) is 0 Å². The summed E-state index contributed by atoms with van der Waals surface area (Å²) in [4.78, 5) is 61.0. The van der Waals surface area contributed by atoms with E-state index in [9.17, 15) is 24.0 Å². The van der Waals surface area contributed by atoms with Gasteiger partial charge in [-0.15, -0.1) is 0 Å². The van der Waals surface area contributed by atoms with E-state index >= 15 is 0 Å². The minimum atomic E-state index is -2.40. The fraction of sp³-hybridized carbons (Fsp3) is 0.700. The summed E-state index contributed by atoms with van der Waals surface area (Å²) in [5.74, 6) is -3.79. The number of carbonyl (C=O) groups is 5. The van der Waals surface area contributed by atoms with Crippen LogP contribution in [0.1, 0.15) is 55.4 Å². The molecule has 45 heavy (non-hydrogen) atoms. The molecular formula is C30H46O14Si. The zero-order valence-electron chi connectivity index (χ0n) is 27.6. The number of carbonyl (C=O) groups excluding carboxylic acids is 5. The molecule has 2 saturated heterocycles. The highest BCUT2D eigenvalue weighted by molar-refractivity contribution is 6.74. The number of hydrogen-bond acceptors (Lipinski definition) is 14. The third-order valence-electron chi connectivity index (χ3n) is 7.58. The maximum absolute atomic E-state index is 12.3. The normalized spacial score (nSPS) is 30.3. The lowest BCUT2D eigenvalue weighted by Crippen LogP contribution is -2.65. The van der Waals surface area contributed by atoms with Crippen molar-refractivity contribution in [3.05, 3.63) is 25.0 Å². The van der Waals surface area contributed by atoms with Gasteiger partial charge in [0, 0.05) is 34.6 Å². The molecule has 0 radical (unpaired) electrons. The summed E-state index contributed by atoms with van der Waals surface area (Å²) >= 11 is 0. The van der Waals surface area contributed by atoms with Gasteiger partial charge in [0.2, 0.25) is 0 Å². The zero-order valence-corrected chi connectivity index (χ0v) is 28.6. The molecule has 0 spiro atoms. The van der Waals surface area contributed by atoms with Gasteiger partial charge in [-0.25, -0.2) is 0 Å². The first kappa shape index (κ1) is 37.9. The predicted molar refractivity (Wildman–Crippen MR) is 159 cm³/mol. The largest absolute Gasteiger partial charge is 0.484 e. The first-order chi connectivity index (χ1) is 20.7. The van der Waals surface area contributed by atoms with Crippen LogP contribution >= 0.6 is 0 Å². The van der Waals surface area contributed by atoms with E-state index in [-0.39, 0.29) is 17.4 Å². The number of esters is 5. The first-order valence-corrected chi connectivity index (χ1v) is 17.4. The van der Waals surface area contributed by atoms with Crippen LogP contribution in [0.3, 0.4) is 0 Å². The highest BCUT2D eigenvalue weighted by Crippen LogP contribution is 2.39. The summed E-state index contributed by atoms with van der Waals surface area (Å²) in [7, 11) is -2.40. The van der Waals surface area contributed by atoms with Crippen LogP contribution in [-0.2, 0) is 66.3 Å². The molecule has 0 unspecified atom stereocenters. The summed E-state index contributed by atoms with van der Waals surface area (Å²) in [5, 5.41) is -0.202. The molecule has 254 valence electrons. The molecule has 0 amide bonds. The smallest absolute Gasteiger partial charge is 0.303 e. The highest BCUT2D eigenvalue weighted by Gasteiger charge is 2.56. The summed E-state index contributed by atoms with van der Waals surface area (Å²) in [5.41, 5.74) is 0. The van der Waals surface area contributed by atoms with Gasteiger partial charge in [-0.2, -0.15) is 0 Å². The Bertz CT molecular complexity index is 1140. The van der Waals surface area contributed by atoms with E-state index in [0.717, 1.165) is 34.6 Å². The Kier molecular flexibility index (Phi) is 12.9. The highest BCUT2D eigenvalue weighted by atomic mass is 28.4. The Labute approximate surface area is 264 Å². The third kappa shape index (κ3) is 10.1. The van der Waals surface area contributed by atoms with E-state index in [1.165, 1.54) is 6.08 Å². The SMILES string of the molecule is C=C[C@H]1OC(=C)[C@@H](O[C@@H]2O[C@H](CO[Si](C)(C)C(C)(C)C)[C@H](OC(C)=O)[C@H](OC(C)=O)[C@H]2OC(C)=O)[C@H](OC(C)=O)[C@H]1OC(C)=O. The minimum Gasteiger partial charge on any atom is -0.484 e. The average Bonchev–Trinajstić information content (AvgIpc) is 2.87. The van der Waals surface area contributed by atoms with Gasteiger partial charge < -0.3 is 42.3 Å². The summed E-state index contributed by atoms with van der Waals surface area (Å²) in [6, 6.07) is 0. The van der Waals surface area contributed by atoms with Crippen molar-refractivity contribution in [3.63, 3.8) is 0 Å². The predicted octanol–water partition coefficient (Wildman–Crippen LogP) is 2.88. The topological polar surface area (TPSA) is 168 Å². The van der Waals surface area contributed by atoms with Crippen LogP contribution in [0, 0.1) is 0 Å². The second-order valence-corrected chi connectivity index (χ2v) is 17.1. The quantitative estimate of drug-likeness (QED) is 0.137. The molecule has 0 aromatic heterocycles. The molecule has 15 heteroatoms. The van der Waals surface area contributed by atoms with Crippen molar-refractivity contribution in [2.24, 2.45) is 0 Å². The molecule has 2 fully saturated rings. The molecule has 0 aromatic rings. The van der Waals surface area contributed by atoms with Crippen molar-refractivity contribution in [2.45, 2.75) is 129 Å². The fourth-order valence-electron chi connectivity index (χ4n) is 4.58. The first-order valence-electron chi connectivity index (χ1n) is 14.5. The Morgan fingerprint density at radius 3 is 1.67 bits per heavy atom. The molecule has 0 bridgehead atoms. The molecule has 0 aromatic carbocycles. The Hall–Kier alpha value is -3.27. The van der Waals surface area contributed by atoms with Gasteiger partial charge in [0.15, 0.2) is 57.3 Å². The summed E-state index contributed by atoms with van der Waals surface area (Å²) < 4.78 is 52.4. The second kappa shape index (κ2) is 15.3. The van der Waals surface area contributed by atoms with E-state index in [1.54, 1.807) is 0 Å². The molecule has 0 N–H and O–H groups in total. The van der Waals surface area contributed by atoms with Crippen LogP contribution in [0.15, 0.2) is 25.0 Å². The maximum atomic E-state index is 12.3. The van der Waals surface area contributed by atoms with E-state index in [4.69, 9.17) is 42.3 Å². The number of ether oxygens (including phenoxy) is 8. The second-order valence-electron chi connectivity index (χ2n) is 12.3. The molecule has 2 heterocycles. The van der Waals surface area contributed by atoms with E-state index in [2.05, 4.69) is 13.2 Å². The van der Waals surface area contributed by atoms with Gasteiger partial charge >= 0.3 is 29.8 Å². The molecule has 9 atom stereocenters. The monoisotopic (exact) mass is 658 g/mol.